The van der Waals surface area contributed by atoms with Crippen LogP contribution in [0.5, 0.6) is 0 Å². The van der Waals surface area contributed by atoms with Crippen LogP contribution in [-0.4, -0.2) is 16.7 Å². The van der Waals surface area contributed by atoms with Crippen molar-refractivity contribution in [2.45, 2.75) is 33.1 Å². The van der Waals surface area contributed by atoms with E-state index in [4.69, 9.17) is 10.3 Å². The molecular formula is C9H17N3O. The Morgan fingerprint density at radius 3 is 2.62 bits per heavy atom. The molecule has 0 aliphatic heterocycles. The van der Waals surface area contributed by atoms with Crippen molar-refractivity contribution in [3.8, 4) is 0 Å². The van der Waals surface area contributed by atoms with E-state index in [1.165, 1.54) is 0 Å². The van der Waals surface area contributed by atoms with E-state index in [-0.39, 0.29) is 0 Å². The molecule has 0 radical (unpaired) electrons. The summed E-state index contributed by atoms with van der Waals surface area (Å²) in [6.45, 7) is 6.92. The normalized spacial score (nSPS) is 13.6. The second-order valence-corrected chi connectivity index (χ2v) is 3.62. The van der Waals surface area contributed by atoms with Gasteiger partial charge in [-0.15, -0.1) is 0 Å². The van der Waals surface area contributed by atoms with Gasteiger partial charge in [-0.3, -0.25) is 0 Å². The summed E-state index contributed by atoms with van der Waals surface area (Å²) in [5, 5.41) is 3.84. The molecule has 0 saturated carbocycles. The average molecular weight is 183 g/mol. The first-order chi connectivity index (χ1) is 6.15. The summed E-state index contributed by atoms with van der Waals surface area (Å²) < 4.78 is 5.12. The van der Waals surface area contributed by atoms with Crippen LogP contribution in [0.2, 0.25) is 0 Å². The Morgan fingerprint density at radius 2 is 2.08 bits per heavy atom. The van der Waals surface area contributed by atoms with Gasteiger partial charge in [0.05, 0.1) is 0 Å². The Kier molecular flexibility index (Phi) is 3.42. The predicted octanol–water partition coefficient (Wildman–Crippen LogP) is 1.33. The zero-order chi connectivity index (χ0) is 9.84. The molecular weight excluding hydrogens is 166 g/mol. The molecule has 0 aromatic carbocycles. The number of nitrogens with two attached hydrogens (primary N) is 1. The zero-order valence-electron chi connectivity index (χ0n) is 8.45. The maximum Gasteiger partial charge on any atom is 0.229 e. The van der Waals surface area contributed by atoms with E-state index in [0.717, 1.165) is 5.89 Å². The molecule has 4 nitrogen and oxygen atoms in total. The molecule has 0 saturated heterocycles. The lowest BCUT2D eigenvalue weighted by atomic mass is 9.98. The molecule has 2 N–H and O–H groups in total. The largest absolute Gasteiger partial charge is 0.339 e. The third-order valence-electron chi connectivity index (χ3n) is 2.24. The highest BCUT2D eigenvalue weighted by Gasteiger charge is 2.16. The average Bonchev–Trinajstić information content (AvgIpc) is 2.52. The van der Waals surface area contributed by atoms with Crippen molar-refractivity contribution in [1.29, 1.82) is 0 Å². The van der Waals surface area contributed by atoms with E-state index < -0.39 is 0 Å². The van der Waals surface area contributed by atoms with Gasteiger partial charge in [-0.25, -0.2) is 0 Å². The Balaban J connectivity index is 2.67. The van der Waals surface area contributed by atoms with Gasteiger partial charge >= 0.3 is 0 Å². The van der Waals surface area contributed by atoms with Gasteiger partial charge in [0.25, 0.3) is 0 Å². The fraction of sp³-hybridized carbons (Fsp3) is 0.778. The van der Waals surface area contributed by atoms with Crippen LogP contribution in [0.15, 0.2) is 4.52 Å². The molecule has 1 rings (SSSR count). The van der Waals surface area contributed by atoms with Gasteiger partial charge in [0.1, 0.15) is 0 Å². The van der Waals surface area contributed by atoms with Crippen LogP contribution < -0.4 is 5.73 Å². The van der Waals surface area contributed by atoms with Gasteiger partial charge in [-0.1, -0.05) is 25.9 Å². The van der Waals surface area contributed by atoms with Crippen LogP contribution in [0.1, 0.15) is 38.4 Å². The number of hydrogen-bond acceptors (Lipinski definition) is 4. The lowest BCUT2D eigenvalue weighted by Crippen LogP contribution is -2.05. The minimum Gasteiger partial charge on any atom is -0.339 e. The zero-order valence-corrected chi connectivity index (χ0v) is 8.45. The number of nitrogens with zero attached hydrogens (tertiary/aromatic N) is 2. The predicted molar refractivity (Wildman–Crippen MR) is 50.3 cm³/mol. The minimum absolute atomic E-state index is 0.319. The fourth-order valence-corrected chi connectivity index (χ4v) is 0.968. The van der Waals surface area contributed by atoms with Gasteiger partial charge in [-0.2, -0.15) is 4.98 Å². The Morgan fingerprint density at radius 1 is 1.38 bits per heavy atom. The number of aromatic nitrogens is 2. The van der Waals surface area contributed by atoms with Gasteiger partial charge in [0.15, 0.2) is 5.82 Å². The van der Waals surface area contributed by atoms with E-state index >= 15 is 0 Å². The van der Waals surface area contributed by atoms with Crippen LogP contribution in [0.3, 0.4) is 0 Å². The van der Waals surface area contributed by atoms with E-state index in [1.54, 1.807) is 0 Å². The Labute approximate surface area is 78.5 Å². The molecule has 1 aromatic heterocycles. The van der Waals surface area contributed by atoms with Crippen molar-refractivity contribution in [1.82, 2.24) is 10.1 Å². The Bertz CT molecular complexity index is 257. The molecule has 74 valence electrons. The topological polar surface area (TPSA) is 64.9 Å². The van der Waals surface area contributed by atoms with E-state index in [1.807, 2.05) is 0 Å². The molecule has 0 aliphatic rings. The summed E-state index contributed by atoms with van der Waals surface area (Å²) in [5.74, 6) is 2.27. The van der Waals surface area contributed by atoms with Gasteiger partial charge < -0.3 is 10.3 Å². The molecule has 0 amide bonds. The van der Waals surface area contributed by atoms with Crippen LogP contribution in [-0.2, 0) is 6.42 Å². The van der Waals surface area contributed by atoms with E-state index in [2.05, 4.69) is 30.9 Å². The SMILES string of the molecule is CC(C)C(C)c1nc(CCN)no1. The van der Waals surface area contributed by atoms with Gasteiger partial charge in [-0.05, 0) is 12.5 Å². The van der Waals surface area contributed by atoms with Crippen LogP contribution >= 0.6 is 0 Å². The molecule has 13 heavy (non-hydrogen) atoms. The molecule has 1 atom stereocenters. The molecule has 0 aliphatic carbocycles. The molecule has 1 aromatic rings. The summed E-state index contributed by atoms with van der Waals surface area (Å²) in [4.78, 5) is 4.26. The molecule has 1 heterocycles. The monoisotopic (exact) mass is 183 g/mol. The van der Waals surface area contributed by atoms with Crippen molar-refractivity contribution in [2.24, 2.45) is 11.7 Å². The number of rotatable bonds is 4. The highest BCUT2D eigenvalue weighted by molar-refractivity contribution is 4.93. The standard InChI is InChI=1S/C9H17N3O/c1-6(2)7(3)9-11-8(4-5-10)12-13-9/h6-7H,4-5,10H2,1-3H3. The third-order valence-corrected chi connectivity index (χ3v) is 2.24. The molecule has 4 heteroatoms. The summed E-state index contributed by atoms with van der Waals surface area (Å²) >= 11 is 0. The van der Waals surface area contributed by atoms with Crippen molar-refractivity contribution in [3.63, 3.8) is 0 Å². The quantitative estimate of drug-likeness (QED) is 0.764. The second-order valence-electron chi connectivity index (χ2n) is 3.62. The minimum atomic E-state index is 0.319. The highest BCUT2D eigenvalue weighted by atomic mass is 16.5. The smallest absolute Gasteiger partial charge is 0.229 e. The molecule has 1 unspecified atom stereocenters. The highest BCUT2D eigenvalue weighted by Crippen LogP contribution is 2.21. The first-order valence-electron chi connectivity index (χ1n) is 4.67. The fourth-order valence-electron chi connectivity index (χ4n) is 0.968. The molecule has 0 spiro atoms. The van der Waals surface area contributed by atoms with Gasteiger partial charge in [0.2, 0.25) is 5.89 Å². The van der Waals surface area contributed by atoms with E-state index in [9.17, 15) is 0 Å². The van der Waals surface area contributed by atoms with Crippen molar-refractivity contribution in [2.75, 3.05) is 6.54 Å². The molecule has 0 fully saturated rings. The lowest BCUT2D eigenvalue weighted by molar-refractivity contribution is 0.329. The first-order valence-corrected chi connectivity index (χ1v) is 4.67. The Hall–Kier alpha value is -0.900. The lowest BCUT2D eigenvalue weighted by Gasteiger charge is -2.08. The van der Waals surface area contributed by atoms with Crippen LogP contribution in [0.4, 0.5) is 0 Å². The third kappa shape index (κ3) is 2.52. The summed E-state index contributed by atoms with van der Waals surface area (Å²) in [6.07, 6.45) is 0.689. The maximum absolute atomic E-state index is 5.38. The van der Waals surface area contributed by atoms with Crippen molar-refractivity contribution in [3.05, 3.63) is 11.7 Å². The van der Waals surface area contributed by atoms with Crippen LogP contribution in [0, 0.1) is 5.92 Å². The number of hydrogen-bond donors (Lipinski definition) is 1. The van der Waals surface area contributed by atoms with E-state index in [0.29, 0.717) is 30.6 Å². The summed E-state index contributed by atoms with van der Waals surface area (Å²) in [5.41, 5.74) is 5.38. The van der Waals surface area contributed by atoms with Crippen molar-refractivity contribution < 1.29 is 4.52 Å². The first kappa shape index (κ1) is 10.2. The van der Waals surface area contributed by atoms with Crippen molar-refractivity contribution >= 4 is 0 Å². The van der Waals surface area contributed by atoms with Gasteiger partial charge in [0, 0.05) is 12.3 Å². The summed E-state index contributed by atoms with van der Waals surface area (Å²) in [7, 11) is 0. The maximum atomic E-state index is 5.38. The molecule has 0 bridgehead atoms. The summed E-state index contributed by atoms with van der Waals surface area (Å²) in [6, 6.07) is 0. The second kappa shape index (κ2) is 4.37. The van der Waals surface area contributed by atoms with Crippen LogP contribution in [0.25, 0.3) is 0 Å².